The van der Waals surface area contributed by atoms with E-state index in [0.29, 0.717) is 0 Å². The molecule has 0 N–H and O–H groups in total. The zero-order chi connectivity index (χ0) is 12.7. The van der Waals surface area contributed by atoms with Gasteiger partial charge in [0.1, 0.15) is 0 Å². The molecule has 1 nitrogen and oxygen atoms in total. The molecule has 0 saturated heterocycles. The third-order valence-corrected chi connectivity index (χ3v) is 3.45. The number of benzene rings is 1. The van der Waals surface area contributed by atoms with Crippen molar-refractivity contribution in [3.8, 4) is 5.75 Å². The standard InChI is InChI=1S/C16H24O/c1-4-5-6-7-8-9-10-15-12-11-13(2)14(3)16(15)17/h11-12H,1,4-10H2,2-3H3. The van der Waals surface area contributed by atoms with Crippen LogP contribution < -0.4 is 0 Å². The molecule has 94 valence electrons. The highest BCUT2D eigenvalue weighted by Gasteiger charge is 2.07. The Morgan fingerprint density at radius 3 is 2.35 bits per heavy atom. The molecule has 0 aromatic heterocycles. The first-order valence-electron chi connectivity index (χ1n) is 6.72. The van der Waals surface area contributed by atoms with E-state index in [9.17, 15) is 5.11 Å². The minimum absolute atomic E-state index is 0.253. The lowest BCUT2D eigenvalue weighted by Crippen LogP contribution is -1.90. The highest BCUT2D eigenvalue weighted by atomic mass is 16.3. The average Bonchev–Trinajstić information content (AvgIpc) is 2.33. The largest absolute Gasteiger partial charge is 0.289 e. The molecular formula is C16H24O. The third-order valence-electron chi connectivity index (χ3n) is 3.45. The molecule has 1 aromatic rings. The van der Waals surface area contributed by atoms with E-state index in [1.54, 1.807) is 0 Å². The molecule has 0 aliphatic rings. The molecule has 1 rings (SSSR count). The second kappa shape index (κ2) is 7.37. The Balaban J connectivity index is 2.35. The summed E-state index contributed by atoms with van der Waals surface area (Å²) in [5, 5.41) is 11.9. The smallest absolute Gasteiger partial charge is 0.184 e. The van der Waals surface area contributed by atoms with Crippen LogP contribution in [0.2, 0.25) is 0 Å². The summed E-state index contributed by atoms with van der Waals surface area (Å²) in [6.07, 6.45) is 8.12. The van der Waals surface area contributed by atoms with Crippen LogP contribution in [-0.2, 0) is 11.5 Å². The van der Waals surface area contributed by atoms with Crippen LogP contribution in [0.4, 0.5) is 0 Å². The van der Waals surface area contributed by atoms with Gasteiger partial charge in [-0.25, -0.2) is 0 Å². The molecule has 0 amide bonds. The van der Waals surface area contributed by atoms with Crippen molar-refractivity contribution >= 4 is 0 Å². The van der Waals surface area contributed by atoms with Crippen molar-refractivity contribution in [3.63, 3.8) is 0 Å². The van der Waals surface area contributed by atoms with Gasteiger partial charge in [-0.05, 0) is 43.4 Å². The van der Waals surface area contributed by atoms with E-state index in [1.807, 2.05) is 19.9 Å². The molecule has 1 aromatic carbocycles. The van der Waals surface area contributed by atoms with Crippen LogP contribution in [0.15, 0.2) is 12.1 Å². The minimum atomic E-state index is 0.253. The third kappa shape index (κ3) is 4.41. The predicted molar refractivity (Wildman–Crippen MR) is 72.8 cm³/mol. The topological polar surface area (TPSA) is 19.9 Å². The van der Waals surface area contributed by atoms with Crippen molar-refractivity contribution < 1.29 is 5.11 Å². The zero-order valence-corrected chi connectivity index (χ0v) is 11.2. The van der Waals surface area contributed by atoms with Crippen molar-refractivity contribution in [2.75, 3.05) is 0 Å². The summed E-state index contributed by atoms with van der Waals surface area (Å²) < 4.78 is 0. The van der Waals surface area contributed by atoms with E-state index in [4.69, 9.17) is 0 Å². The highest BCUT2D eigenvalue weighted by molar-refractivity contribution is 5.43. The fraction of sp³-hybridized carbons (Fsp3) is 0.562. The van der Waals surface area contributed by atoms with E-state index in [1.165, 1.54) is 25.7 Å². The van der Waals surface area contributed by atoms with Crippen LogP contribution in [0, 0.1) is 20.8 Å². The van der Waals surface area contributed by atoms with Gasteiger partial charge in [-0.3, -0.25) is 5.11 Å². The second-order valence-corrected chi connectivity index (χ2v) is 4.87. The molecular weight excluding hydrogens is 208 g/mol. The fourth-order valence-corrected chi connectivity index (χ4v) is 2.07. The number of hydrogen-bond donors (Lipinski definition) is 0. The average molecular weight is 232 g/mol. The summed E-state index contributed by atoms with van der Waals surface area (Å²) in [5.74, 6) is 0.253. The number of unbranched alkanes of at least 4 members (excludes halogenated alkanes) is 5. The zero-order valence-electron chi connectivity index (χ0n) is 11.2. The SMILES string of the molecule is [CH2]CCCCCCCc1ccc(C)c(C)c1[O]. The fourth-order valence-electron chi connectivity index (χ4n) is 2.07. The Labute approximate surface area is 106 Å². The first-order valence-corrected chi connectivity index (χ1v) is 6.72. The number of hydrogen-bond acceptors (Lipinski definition) is 0. The van der Waals surface area contributed by atoms with Gasteiger partial charge in [0.05, 0.1) is 0 Å². The Bertz CT molecular complexity index is 342. The van der Waals surface area contributed by atoms with Gasteiger partial charge < -0.3 is 0 Å². The highest BCUT2D eigenvalue weighted by Crippen LogP contribution is 2.27. The molecule has 1 heteroatoms. The van der Waals surface area contributed by atoms with E-state index >= 15 is 0 Å². The monoisotopic (exact) mass is 232 g/mol. The van der Waals surface area contributed by atoms with Gasteiger partial charge in [0.25, 0.3) is 0 Å². The maximum atomic E-state index is 11.9. The number of aryl methyl sites for hydroxylation is 2. The van der Waals surface area contributed by atoms with Crippen LogP contribution in [0.25, 0.3) is 0 Å². The lowest BCUT2D eigenvalue weighted by atomic mass is 9.99. The van der Waals surface area contributed by atoms with Crippen LogP contribution in [-0.4, -0.2) is 0 Å². The number of rotatable bonds is 7. The summed E-state index contributed by atoms with van der Waals surface area (Å²) in [5.41, 5.74) is 3.01. The van der Waals surface area contributed by atoms with E-state index < -0.39 is 0 Å². The summed E-state index contributed by atoms with van der Waals surface area (Å²) >= 11 is 0. The summed E-state index contributed by atoms with van der Waals surface area (Å²) in [7, 11) is 0. The maximum absolute atomic E-state index is 11.9. The molecule has 17 heavy (non-hydrogen) atoms. The second-order valence-electron chi connectivity index (χ2n) is 4.87. The molecule has 2 radical (unpaired) electrons. The summed E-state index contributed by atoms with van der Waals surface area (Å²) in [6.45, 7) is 7.76. The Hall–Kier alpha value is -0.980. The van der Waals surface area contributed by atoms with Gasteiger partial charge >= 0.3 is 0 Å². The predicted octanol–water partition coefficient (Wildman–Crippen LogP) is 5.16. The molecule has 0 saturated carbocycles. The molecule has 0 aliphatic heterocycles. The van der Waals surface area contributed by atoms with E-state index in [2.05, 4.69) is 13.0 Å². The summed E-state index contributed by atoms with van der Waals surface area (Å²) in [4.78, 5) is 0. The Morgan fingerprint density at radius 2 is 1.65 bits per heavy atom. The molecule has 0 atom stereocenters. The van der Waals surface area contributed by atoms with Gasteiger partial charge in [0, 0.05) is 0 Å². The van der Waals surface area contributed by atoms with Crippen molar-refractivity contribution in [2.24, 2.45) is 0 Å². The minimum Gasteiger partial charge on any atom is -0.289 e. The lowest BCUT2D eigenvalue weighted by molar-refractivity contribution is 0.345. The molecule has 0 aliphatic carbocycles. The van der Waals surface area contributed by atoms with Crippen molar-refractivity contribution in [2.45, 2.75) is 58.8 Å². The van der Waals surface area contributed by atoms with E-state index in [-0.39, 0.29) is 5.75 Å². The molecule has 0 unspecified atom stereocenters. The first kappa shape index (κ1) is 14.1. The molecule has 0 fully saturated rings. The van der Waals surface area contributed by atoms with E-state index in [0.717, 1.165) is 36.0 Å². The van der Waals surface area contributed by atoms with Crippen molar-refractivity contribution in [1.29, 1.82) is 0 Å². The van der Waals surface area contributed by atoms with Gasteiger partial charge in [-0.1, -0.05) is 51.2 Å². The quantitative estimate of drug-likeness (QED) is 0.578. The maximum Gasteiger partial charge on any atom is 0.184 e. The van der Waals surface area contributed by atoms with Crippen LogP contribution in [0.3, 0.4) is 0 Å². The summed E-state index contributed by atoms with van der Waals surface area (Å²) in [6, 6.07) is 4.06. The first-order chi connectivity index (χ1) is 8.16. The van der Waals surface area contributed by atoms with Gasteiger partial charge in [-0.2, -0.15) is 0 Å². The van der Waals surface area contributed by atoms with Gasteiger partial charge in [0.15, 0.2) is 5.75 Å². The molecule has 0 spiro atoms. The van der Waals surface area contributed by atoms with Crippen molar-refractivity contribution in [1.82, 2.24) is 0 Å². The van der Waals surface area contributed by atoms with Gasteiger partial charge in [0.2, 0.25) is 0 Å². The van der Waals surface area contributed by atoms with Gasteiger partial charge in [-0.15, -0.1) is 0 Å². The van der Waals surface area contributed by atoms with Crippen LogP contribution in [0.5, 0.6) is 5.75 Å². The Kier molecular flexibility index (Phi) is 6.10. The molecule has 0 heterocycles. The van der Waals surface area contributed by atoms with Crippen LogP contribution in [0.1, 0.15) is 55.2 Å². The normalized spacial score (nSPS) is 10.8. The Morgan fingerprint density at radius 1 is 1.00 bits per heavy atom. The van der Waals surface area contributed by atoms with Crippen molar-refractivity contribution in [3.05, 3.63) is 35.7 Å². The molecule has 0 bridgehead atoms. The van der Waals surface area contributed by atoms with Crippen LogP contribution >= 0.6 is 0 Å². The lowest BCUT2D eigenvalue weighted by Gasteiger charge is -2.07.